The maximum Gasteiger partial charge on any atom is 0.177 e. The van der Waals surface area contributed by atoms with Crippen LogP contribution in [0.25, 0.3) is 10.8 Å². The van der Waals surface area contributed by atoms with Crippen LogP contribution in [0.2, 0.25) is 0 Å². The number of rotatable bonds is 4. The zero-order valence-electron chi connectivity index (χ0n) is 12.6. The van der Waals surface area contributed by atoms with Crippen molar-refractivity contribution < 1.29 is 4.79 Å². The van der Waals surface area contributed by atoms with Gasteiger partial charge in [0.2, 0.25) is 0 Å². The molecule has 0 aromatic heterocycles. The predicted octanol–water partition coefficient (Wildman–Crippen LogP) is 2.66. The van der Waals surface area contributed by atoms with Crippen LogP contribution in [0.1, 0.15) is 17.3 Å². The van der Waals surface area contributed by atoms with Crippen molar-refractivity contribution in [1.82, 2.24) is 9.80 Å². The molecule has 21 heavy (non-hydrogen) atoms. The highest BCUT2D eigenvalue weighted by Crippen LogP contribution is 2.19. The number of hydrogen-bond donors (Lipinski definition) is 0. The van der Waals surface area contributed by atoms with Crippen LogP contribution in [0.3, 0.4) is 0 Å². The molecule has 110 valence electrons. The van der Waals surface area contributed by atoms with Gasteiger partial charge in [-0.2, -0.15) is 0 Å². The minimum absolute atomic E-state index is 0.233. The van der Waals surface area contributed by atoms with Crippen LogP contribution in [-0.4, -0.2) is 54.9 Å². The quantitative estimate of drug-likeness (QED) is 0.806. The van der Waals surface area contributed by atoms with E-state index < -0.39 is 0 Å². The smallest absolute Gasteiger partial charge is 0.177 e. The van der Waals surface area contributed by atoms with Crippen LogP contribution in [0.15, 0.2) is 42.5 Å². The third-order valence-corrected chi connectivity index (χ3v) is 4.37. The van der Waals surface area contributed by atoms with Gasteiger partial charge in [0.1, 0.15) is 0 Å². The van der Waals surface area contributed by atoms with Gasteiger partial charge in [0.05, 0.1) is 6.54 Å². The molecule has 1 saturated heterocycles. The summed E-state index contributed by atoms with van der Waals surface area (Å²) in [6, 6.07) is 14.1. The topological polar surface area (TPSA) is 23.6 Å². The summed E-state index contributed by atoms with van der Waals surface area (Å²) < 4.78 is 0. The molecule has 1 aliphatic heterocycles. The predicted molar refractivity (Wildman–Crippen MR) is 86.8 cm³/mol. The zero-order chi connectivity index (χ0) is 14.7. The van der Waals surface area contributed by atoms with Crippen molar-refractivity contribution in [2.24, 2.45) is 0 Å². The largest absolute Gasteiger partial charge is 0.301 e. The van der Waals surface area contributed by atoms with E-state index in [0.29, 0.717) is 6.54 Å². The van der Waals surface area contributed by atoms with Gasteiger partial charge in [-0.15, -0.1) is 0 Å². The first-order chi connectivity index (χ1) is 10.3. The molecule has 2 aromatic rings. The minimum atomic E-state index is 0.233. The second-order valence-corrected chi connectivity index (χ2v) is 5.66. The van der Waals surface area contributed by atoms with Gasteiger partial charge in [-0.3, -0.25) is 9.69 Å². The molecule has 1 heterocycles. The summed E-state index contributed by atoms with van der Waals surface area (Å²) in [6.07, 6.45) is 0. The Hall–Kier alpha value is -1.71. The third kappa shape index (κ3) is 3.14. The van der Waals surface area contributed by atoms with Gasteiger partial charge >= 0.3 is 0 Å². The Morgan fingerprint density at radius 3 is 2.38 bits per heavy atom. The number of nitrogens with zero attached hydrogens (tertiary/aromatic N) is 2. The number of hydrogen-bond acceptors (Lipinski definition) is 3. The summed E-state index contributed by atoms with van der Waals surface area (Å²) in [7, 11) is 0. The summed E-state index contributed by atoms with van der Waals surface area (Å²) in [5, 5.41) is 2.20. The molecule has 3 nitrogen and oxygen atoms in total. The van der Waals surface area contributed by atoms with Gasteiger partial charge in [-0.05, 0) is 17.3 Å². The summed E-state index contributed by atoms with van der Waals surface area (Å²) in [5.74, 6) is 0.233. The first kappa shape index (κ1) is 14.2. The van der Waals surface area contributed by atoms with Crippen molar-refractivity contribution in [3.63, 3.8) is 0 Å². The van der Waals surface area contributed by atoms with Gasteiger partial charge in [0.15, 0.2) is 5.78 Å². The highest BCUT2D eigenvalue weighted by atomic mass is 16.1. The summed E-state index contributed by atoms with van der Waals surface area (Å²) in [5.41, 5.74) is 0.853. The van der Waals surface area contributed by atoms with Gasteiger partial charge in [0.25, 0.3) is 0 Å². The third-order valence-electron chi connectivity index (χ3n) is 4.37. The lowest BCUT2D eigenvalue weighted by Gasteiger charge is -2.33. The first-order valence-electron chi connectivity index (χ1n) is 7.73. The van der Waals surface area contributed by atoms with Crippen molar-refractivity contribution in [3.05, 3.63) is 48.0 Å². The lowest BCUT2D eigenvalue weighted by molar-refractivity contribution is 0.0860. The summed E-state index contributed by atoms with van der Waals surface area (Å²) in [4.78, 5) is 17.3. The fraction of sp³-hybridized carbons (Fsp3) is 0.389. The van der Waals surface area contributed by atoms with Crippen LogP contribution in [0.5, 0.6) is 0 Å². The van der Waals surface area contributed by atoms with E-state index in [1.807, 2.05) is 30.3 Å². The maximum atomic E-state index is 12.6. The Morgan fingerprint density at radius 1 is 0.952 bits per heavy atom. The van der Waals surface area contributed by atoms with Gasteiger partial charge in [-0.25, -0.2) is 0 Å². The zero-order valence-corrected chi connectivity index (χ0v) is 12.6. The van der Waals surface area contributed by atoms with Gasteiger partial charge in [0, 0.05) is 31.7 Å². The van der Waals surface area contributed by atoms with Crippen LogP contribution in [-0.2, 0) is 0 Å². The molecule has 0 spiro atoms. The second-order valence-electron chi connectivity index (χ2n) is 5.66. The van der Waals surface area contributed by atoms with Crippen molar-refractivity contribution in [2.75, 3.05) is 39.3 Å². The van der Waals surface area contributed by atoms with Crippen LogP contribution < -0.4 is 0 Å². The van der Waals surface area contributed by atoms with Crippen LogP contribution in [0, 0.1) is 0 Å². The molecule has 0 aliphatic carbocycles. The average molecular weight is 282 g/mol. The Kier molecular flexibility index (Phi) is 4.32. The molecular weight excluding hydrogens is 260 g/mol. The Balaban J connectivity index is 1.73. The van der Waals surface area contributed by atoms with E-state index in [9.17, 15) is 4.79 Å². The molecule has 0 saturated carbocycles. The first-order valence-corrected chi connectivity index (χ1v) is 7.73. The molecule has 1 fully saturated rings. The molecule has 0 N–H and O–H groups in total. The van der Waals surface area contributed by atoms with E-state index in [1.54, 1.807) is 0 Å². The molecule has 0 bridgehead atoms. The monoisotopic (exact) mass is 282 g/mol. The number of Topliss-reactive ketones (excluding diaryl/α,β-unsaturated/α-hetero) is 1. The van der Waals surface area contributed by atoms with E-state index in [2.05, 4.69) is 28.9 Å². The fourth-order valence-corrected chi connectivity index (χ4v) is 3.02. The van der Waals surface area contributed by atoms with E-state index in [-0.39, 0.29) is 5.78 Å². The summed E-state index contributed by atoms with van der Waals surface area (Å²) in [6.45, 7) is 7.95. The summed E-state index contributed by atoms with van der Waals surface area (Å²) >= 11 is 0. The fourth-order valence-electron chi connectivity index (χ4n) is 3.02. The molecule has 0 unspecified atom stereocenters. The van der Waals surface area contributed by atoms with Gasteiger partial charge in [-0.1, -0.05) is 49.4 Å². The molecule has 0 radical (unpaired) electrons. The average Bonchev–Trinajstić information content (AvgIpc) is 2.55. The molecule has 0 atom stereocenters. The Bertz CT molecular complexity index is 625. The molecule has 3 rings (SSSR count). The van der Waals surface area contributed by atoms with Crippen molar-refractivity contribution >= 4 is 16.6 Å². The SMILES string of the molecule is CCN1CCN(CC(=O)c2cccc3ccccc23)CC1. The standard InChI is InChI=1S/C18H22N2O/c1-2-19-10-12-20(13-11-19)14-18(21)17-9-5-7-15-6-3-4-8-16(15)17/h3-9H,2,10-14H2,1H3. The lowest BCUT2D eigenvalue weighted by Crippen LogP contribution is -2.47. The van der Waals surface area contributed by atoms with E-state index >= 15 is 0 Å². The number of likely N-dealkylation sites (N-methyl/N-ethyl adjacent to an activating group) is 1. The van der Waals surface area contributed by atoms with E-state index in [0.717, 1.165) is 49.1 Å². The minimum Gasteiger partial charge on any atom is -0.301 e. The normalized spacial score (nSPS) is 17.2. The highest BCUT2D eigenvalue weighted by Gasteiger charge is 2.19. The van der Waals surface area contributed by atoms with Crippen molar-refractivity contribution in [2.45, 2.75) is 6.92 Å². The molecular formula is C18H22N2O. The van der Waals surface area contributed by atoms with Crippen molar-refractivity contribution in [1.29, 1.82) is 0 Å². The Morgan fingerprint density at radius 2 is 1.62 bits per heavy atom. The number of carbonyl (C=O) groups is 1. The van der Waals surface area contributed by atoms with E-state index in [1.165, 1.54) is 0 Å². The molecule has 3 heteroatoms. The molecule has 0 amide bonds. The lowest BCUT2D eigenvalue weighted by atomic mass is 10.0. The number of ketones is 1. The number of carbonyl (C=O) groups excluding carboxylic acids is 1. The molecule has 1 aliphatic rings. The molecule has 2 aromatic carbocycles. The number of fused-ring (bicyclic) bond motifs is 1. The Labute approximate surface area is 126 Å². The van der Waals surface area contributed by atoms with E-state index in [4.69, 9.17) is 0 Å². The highest BCUT2D eigenvalue weighted by molar-refractivity contribution is 6.09. The van der Waals surface area contributed by atoms with Gasteiger partial charge < -0.3 is 4.90 Å². The van der Waals surface area contributed by atoms with Crippen LogP contribution >= 0.6 is 0 Å². The number of piperazine rings is 1. The maximum absolute atomic E-state index is 12.6. The number of benzene rings is 2. The second kappa shape index (κ2) is 6.37. The van der Waals surface area contributed by atoms with Crippen molar-refractivity contribution in [3.8, 4) is 0 Å². The van der Waals surface area contributed by atoms with Crippen LogP contribution in [0.4, 0.5) is 0 Å².